The van der Waals surface area contributed by atoms with Crippen LogP contribution in [0.1, 0.15) is 36.7 Å². The summed E-state index contributed by atoms with van der Waals surface area (Å²) in [5, 5.41) is 3.40. The lowest BCUT2D eigenvalue weighted by Gasteiger charge is -2.18. The first-order valence-electron chi connectivity index (χ1n) is 8.83. The number of rotatable bonds is 4. The molecule has 3 rings (SSSR count). The maximum absolute atomic E-state index is 12.8. The number of carbonyl (C=O) groups excluding carboxylic acids is 1. The molecule has 1 amide bonds. The second-order valence-electron chi connectivity index (χ2n) is 6.94. The van der Waals surface area contributed by atoms with Gasteiger partial charge in [-0.25, -0.2) is 0 Å². The molecule has 0 spiro atoms. The van der Waals surface area contributed by atoms with Crippen molar-refractivity contribution in [1.29, 1.82) is 0 Å². The van der Waals surface area contributed by atoms with Crippen molar-refractivity contribution in [3.63, 3.8) is 0 Å². The molecule has 0 bridgehead atoms. The van der Waals surface area contributed by atoms with Crippen LogP contribution in [0.3, 0.4) is 0 Å². The zero-order valence-corrected chi connectivity index (χ0v) is 15.5. The number of nitrogens with one attached hydrogen (secondary N) is 1. The second-order valence-corrected chi connectivity index (χ2v) is 6.94. The topological polar surface area (TPSA) is 59.3 Å². The molecule has 26 heavy (non-hydrogen) atoms. The number of benzene rings is 2. The minimum absolute atomic E-state index is 0.0171. The van der Waals surface area contributed by atoms with Gasteiger partial charge >= 0.3 is 0 Å². The zero-order chi connectivity index (χ0) is 18.8. The van der Waals surface area contributed by atoms with Crippen molar-refractivity contribution in [2.75, 3.05) is 0 Å². The predicted octanol–water partition coefficient (Wildman–Crippen LogP) is 4.54. The Kier molecular flexibility index (Phi) is 4.94. The van der Waals surface area contributed by atoms with E-state index < -0.39 is 0 Å². The third-order valence-electron chi connectivity index (χ3n) is 4.78. The molecule has 0 saturated heterocycles. The van der Waals surface area contributed by atoms with Crippen LogP contribution in [0.5, 0.6) is 0 Å². The molecule has 4 nitrogen and oxygen atoms in total. The number of hydrogen-bond donors (Lipinski definition) is 1. The van der Waals surface area contributed by atoms with E-state index in [4.69, 9.17) is 4.42 Å². The Bertz CT molecular complexity index is 1000. The van der Waals surface area contributed by atoms with Gasteiger partial charge in [0.25, 0.3) is 5.91 Å². The van der Waals surface area contributed by atoms with E-state index in [2.05, 4.69) is 5.32 Å². The van der Waals surface area contributed by atoms with Crippen molar-refractivity contribution in [3.05, 3.63) is 69.9 Å². The summed E-state index contributed by atoms with van der Waals surface area (Å²) in [5.74, 6) is 0.575. The van der Waals surface area contributed by atoms with Crippen molar-refractivity contribution in [2.45, 2.75) is 33.7 Å². The van der Waals surface area contributed by atoms with Crippen LogP contribution in [0, 0.1) is 12.8 Å². The van der Waals surface area contributed by atoms with Gasteiger partial charge < -0.3 is 9.73 Å². The fraction of sp³-hybridized carbons (Fsp3) is 0.273. The normalized spacial score (nSPS) is 12.3. The molecule has 1 N–H and O–H groups in total. The maximum atomic E-state index is 12.8. The van der Waals surface area contributed by atoms with Crippen LogP contribution in [0.4, 0.5) is 0 Å². The monoisotopic (exact) mass is 349 g/mol. The molecule has 0 radical (unpaired) electrons. The highest BCUT2D eigenvalue weighted by Gasteiger charge is 2.20. The molecule has 4 heteroatoms. The molecule has 2 aromatic carbocycles. The number of amides is 1. The quantitative estimate of drug-likeness (QED) is 0.752. The van der Waals surface area contributed by atoms with Gasteiger partial charge in [0.2, 0.25) is 0 Å². The molecule has 1 unspecified atom stereocenters. The molecule has 1 atom stereocenters. The lowest BCUT2D eigenvalue weighted by atomic mass is 10.0. The van der Waals surface area contributed by atoms with Gasteiger partial charge in [0, 0.05) is 17.2 Å². The summed E-state index contributed by atoms with van der Waals surface area (Å²) in [6, 6.07) is 14.6. The number of fused-ring (bicyclic) bond motifs is 1. The van der Waals surface area contributed by atoms with E-state index in [1.807, 2.05) is 51.1 Å². The zero-order valence-electron chi connectivity index (χ0n) is 15.5. The summed E-state index contributed by atoms with van der Waals surface area (Å²) in [5.41, 5.74) is 1.95. The van der Waals surface area contributed by atoms with Crippen molar-refractivity contribution in [3.8, 4) is 11.3 Å². The molecule has 134 valence electrons. The van der Waals surface area contributed by atoms with E-state index in [-0.39, 0.29) is 17.4 Å². The van der Waals surface area contributed by atoms with Crippen LogP contribution in [-0.2, 0) is 0 Å². The minimum Gasteiger partial charge on any atom is -0.455 e. The molecule has 0 aliphatic carbocycles. The number of carbonyl (C=O) groups is 1. The van der Waals surface area contributed by atoms with Crippen LogP contribution < -0.4 is 10.7 Å². The van der Waals surface area contributed by atoms with Crippen molar-refractivity contribution >= 4 is 16.9 Å². The Balaban J connectivity index is 2.19. The minimum atomic E-state index is -0.234. The first-order valence-corrected chi connectivity index (χ1v) is 8.83. The van der Waals surface area contributed by atoms with Gasteiger partial charge in [0.1, 0.15) is 5.76 Å². The summed E-state index contributed by atoms with van der Waals surface area (Å²) in [6.45, 7) is 7.81. The molecule has 3 aromatic rings. The summed E-state index contributed by atoms with van der Waals surface area (Å²) >= 11 is 0. The van der Waals surface area contributed by atoms with Crippen LogP contribution in [0.25, 0.3) is 22.3 Å². The summed E-state index contributed by atoms with van der Waals surface area (Å²) < 4.78 is 6.09. The van der Waals surface area contributed by atoms with Gasteiger partial charge in [0.15, 0.2) is 11.0 Å². The molecule has 1 aromatic heterocycles. The Morgan fingerprint density at radius 3 is 2.35 bits per heavy atom. The summed E-state index contributed by atoms with van der Waals surface area (Å²) in [4.78, 5) is 25.6. The molecule has 1 heterocycles. The van der Waals surface area contributed by atoms with E-state index in [1.54, 1.807) is 25.1 Å². The van der Waals surface area contributed by atoms with Crippen molar-refractivity contribution in [2.24, 2.45) is 5.92 Å². The standard InChI is InChI=1S/C22H23NO3/c1-13(2)15(4)23-22(25)18-12-8-11-17-19(24)14(3)20(26-21(17)18)16-9-6-5-7-10-16/h5-13,15H,1-4H3,(H,23,25). The lowest BCUT2D eigenvalue weighted by molar-refractivity contribution is 0.0931. The lowest BCUT2D eigenvalue weighted by Crippen LogP contribution is -2.36. The fourth-order valence-corrected chi connectivity index (χ4v) is 2.80. The maximum Gasteiger partial charge on any atom is 0.255 e. The highest BCUT2D eigenvalue weighted by atomic mass is 16.3. The highest BCUT2D eigenvalue weighted by Crippen LogP contribution is 2.27. The third-order valence-corrected chi connectivity index (χ3v) is 4.78. The van der Waals surface area contributed by atoms with Crippen LogP contribution >= 0.6 is 0 Å². The average Bonchev–Trinajstić information content (AvgIpc) is 2.64. The molecule has 0 aliphatic rings. The number of para-hydroxylation sites is 1. The third kappa shape index (κ3) is 3.27. The molecule has 0 saturated carbocycles. The molecule has 0 aliphatic heterocycles. The van der Waals surface area contributed by atoms with Gasteiger partial charge in [-0.3, -0.25) is 9.59 Å². The number of hydrogen-bond acceptors (Lipinski definition) is 3. The SMILES string of the molecule is Cc1c(-c2ccccc2)oc2c(C(=O)NC(C)C(C)C)cccc2c1=O. The van der Waals surface area contributed by atoms with E-state index in [0.717, 1.165) is 5.56 Å². The largest absolute Gasteiger partial charge is 0.455 e. The van der Waals surface area contributed by atoms with E-state index in [1.165, 1.54) is 0 Å². The average molecular weight is 349 g/mol. The predicted molar refractivity (Wildman–Crippen MR) is 104 cm³/mol. The van der Waals surface area contributed by atoms with Gasteiger partial charge in [-0.05, 0) is 31.9 Å². The highest BCUT2D eigenvalue weighted by molar-refractivity contribution is 6.05. The first kappa shape index (κ1) is 17.9. The fourth-order valence-electron chi connectivity index (χ4n) is 2.80. The van der Waals surface area contributed by atoms with Gasteiger partial charge in [-0.2, -0.15) is 0 Å². The summed E-state index contributed by atoms with van der Waals surface area (Å²) in [7, 11) is 0. The second kappa shape index (κ2) is 7.16. The van der Waals surface area contributed by atoms with Crippen LogP contribution in [0.2, 0.25) is 0 Å². The molecule has 0 fully saturated rings. The van der Waals surface area contributed by atoms with Gasteiger partial charge in [-0.1, -0.05) is 50.2 Å². The Morgan fingerprint density at radius 2 is 1.69 bits per heavy atom. The molecular formula is C22H23NO3. The Morgan fingerprint density at radius 1 is 1.00 bits per heavy atom. The summed E-state index contributed by atoms with van der Waals surface area (Å²) in [6.07, 6.45) is 0. The Labute approximate surface area is 152 Å². The van der Waals surface area contributed by atoms with Crippen LogP contribution in [-0.4, -0.2) is 11.9 Å². The van der Waals surface area contributed by atoms with Crippen molar-refractivity contribution < 1.29 is 9.21 Å². The van der Waals surface area contributed by atoms with E-state index in [9.17, 15) is 9.59 Å². The van der Waals surface area contributed by atoms with Crippen LogP contribution in [0.15, 0.2) is 57.7 Å². The van der Waals surface area contributed by atoms with Gasteiger partial charge in [-0.15, -0.1) is 0 Å². The molecular weight excluding hydrogens is 326 g/mol. The Hall–Kier alpha value is -2.88. The van der Waals surface area contributed by atoms with Gasteiger partial charge in [0.05, 0.1) is 10.9 Å². The van der Waals surface area contributed by atoms with E-state index in [0.29, 0.717) is 33.8 Å². The van der Waals surface area contributed by atoms with Crippen molar-refractivity contribution in [1.82, 2.24) is 5.32 Å². The van der Waals surface area contributed by atoms with E-state index >= 15 is 0 Å². The smallest absolute Gasteiger partial charge is 0.255 e. The first-order chi connectivity index (χ1) is 12.4.